The minimum absolute atomic E-state index is 0. The molecule has 25 heavy (non-hydrogen) atoms. The first-order valence-electron chi connectivity index (χ1n) is 7.53. The molecule has 2 aromatic carbocycles. The van der Waals surface area contributed by atoms with Gasteiger partial charge in [0.15, 0.2) is 0 Å². The van der Waals surface area contributed by atoms with Crippen LogP contribution in [0.15, 0.2) is 48.5 Å². The van der Waals surface area contributed by atoms with E-state index in [-0.39, 0.29) is 76.2 Å². The Labute approximate surface area is 199 Å². The van der Waals surface area contributed by atoms with E-state index in [0.717, 1.165) is 0 Å². The van der Waals surface area contributed by atoms with E-state index in [1.165, 1.54) is 22.3 Å². The van der Waals surface area contributed by atoms with E-state index >= 15 is 0 Å². The first-order valence-corrected chi connectivity index (χ1v) is 7.53. The molecule has 0 bridgehead atoms. The summed E-state index contributed by atoms with van der Waals surface area (Å²) in [4.78, 5) is 0. The van der Waals surface area contributed by atoms with Crippen LogP contribution in [0, 0.1) is 13.8 Å². The van der Waals surface area contributed by atoms with Gasteiger partial charge in [-0.3, -0.25) is 0 Å². The average Bonchev–Trinajstić information content (AvgIpc) is 2.40. The third-order valence-electron chi connectivity index (χ3n) is 3.49. The summed E-state index contributed by atoms with van der Waals surface area (Å²) in [7, 11) is 0. The first-order chi connectivity index (χ1) is 9.40. The minimum Gasteiger partial charge on any atom is -1.00 e. The van der Waals surface area contributed by atoms with Gasteiger partial charge in [0.2, 0.25) is 0 Å². The predicted octanol–water partition coefficient (Wildman–Crippen LogP) is -2.76. The van der Waals surface area contributed by atoms with Crippen LogP contribution >= 0.6 is 0 Å². The molecule has 0 aliphatic rings. The number of rotatable bonds is 2. The molecule has 0 fully saturated rings. The molecule has 0 amide bonds. The number of benzene rings is 2. The zero-order chi connectivity index (χ0) is 15.1. The molecular weight excluding hydrogens is 549 g/mol. The van der Waals surface area contributed by atoms with E-state index in [2.05, 4.69) is 90.1 Å². The van der Waals surface area contributed by atoms with Crippen LogP contribution in [0.25, 0.3) is 0 Å². The molecule has 0 aliphatic heterocycles. The fourth-order valence-corrected chi connectivity index (χ4v) is 1.90. The van der Waals surface area contributed by atoms with Crippen molar-refractivity contribution in [3.63, 3.8) is 0 Å². The maximum Gasteiger partial charge on any atom is 2.00 e. The molecule has 0 N–H and O–H groups in total. The van der Waals surface area contributed by atoms with Crippen molar-refractivity contribution in [1.29, 1.82) is 0 Å². The van der Waals surface area contributed by atoms with Gasteiger partial charge in [-0.05, 0) is 36.8 Å². The van der Waals surface area contributed by atoms with E-state index < -0.39 is 0 Å². The quantitative estimate of drug-likeness (QED) is 0.340. The molecule has 0 spiro atoms. The minimum atomic E-state index is 0. The third-order valence-corrected chi connectivity index (χ3v) is 3.49. The van der Waals surface area contributed by atoms with E-state index in [1.807, 2.05) is 0 Å². The molecule has 0 saturated heterocycles. The van der Waals surface area contributed by atoms with Gasteiger partial charge >= 0.3 is 39.0 Å². The van der Waals surface area contributed by atoms with Gasteiger partial charge in [0, 0.05) is 0 Å². The first kappa shape index (κ1) is 36.5. The van der Waals surface area contributed by atoms with Crippen LogP contribution in [0.3, 0.4) is 0 Å². The molecule has 0 saturated carbocycles. The van der Waals surface area contributed by atoms with Crippen LogP contribution in [0.2, 0.25) is 0 Å². The molecule has 0 aliphatic carbocycles. The van der Waals surface area contributed by atoms with Gasteiger partial charge < -0.3 is 37.2 Å². The summed E-state index contributed by atoms with van der Waals surface area (Å²) in [5.41, 5.74) is 5.52. The van der Waals surface area contributed by atoms with Crippen LogP contribution in [0.1, 0.15) is 61.8 Å². The second kappa shape index (κ2) is 19.3. The summed E-state index contributed by atoms with van der Waals surface area (Å²) < 4.78 is 0. The van der Waals surface area contributed by atoms with E-state index in [4.69, 9.17) is 0 Å². The normalized spacial score (nSPS) is 8.32. The standard InChI is InChI=1S/2C10H14.3ClH.2Ru/c2*1-8(2)10-6-4-9(3)5-7-10;;;;;/h2*4-8H,1-3H3;3*1H;;/q;;;;;+1;+2/p-3. The molecule has 0 atom stereocenters. The average molecular weight is 577 g/mol. The molecule has 2 aromatic rings. The molecule has 0 unspecified atom stereocenters. The fourth-order valence-electron chi connectivity index (χ4n) is 1.90. The summed E-state index contributed by atoms with van der Waals surface area (Å²) in [5.74, 6) is 1.31. The Kier molecular flexibility index (Phi) is 28.2. The third kappa shape index (κ3) is 15.3. The molecule has 5 heteroatoms. The summed E-state index contributed by atoms with van der Waals surface area (Å²) in [5, 5.41) is 0. The Hall–Kier alpha value is 0.557. The van der Waals surface area contributed by atoms with Crippen molar-refractivity contribution in [2.45, 2.75) is 53.4 Å². The number of hydrogen-bond acceptors (Lipinski definition) is 0. The van der Waals surface area contributed by atoms with Crippen LogP contribution in [-0.2, 0) is 39.0 Å². The fraction of sp³-hybridized carbons (Fsp3) is 0.400. The van der Waals surface area contributed by atoms with Crippen molar-refractivity contribution in [1.82, 2.24) is 0 Å². The maximum atomic E-state index is 2.21. The molecule has 0 heterocycles. The van der Waals surface area contributed by atoms with Crippen molar-refractivity contribution >= 4 is 0 Å². The summed E-state index contributed by atoms with van der Waals surface area (Å²) in [6, 6.07) is 17.4. The number of aryl methyl sites for hydroxylation is 2. The zero-order valence-corrected chi connectivity index (χ0v) is 21.4. The van der Waals surface area contributed by atoms with Gasteiger partial charge in [-0.2, -0.15) is 0 Å². The van der Waals surface area contributed by atoms with Gasteiger partial charge in [-0.15, -0.1) is 0 Å². The Bertz CT molecular complexity index is 460. The van der Waals surface area contributed by atoms with E-state index in [0.29, 0.717) is 11.8 Å². The van der Waals surface area contributed by atoms with Crippen molar-refractivity contribution in [2.75, 3.05) is 0 Å². The van der Waals surface area contributed by atoms with Crippen LogP contribution < -0.4 is 37.2 Å². The van der Waals surface area contributed by atoms with Crippen LogP contribution in [-0.4, -0.2) is 0 Å². The Morgan fingerprint density at radius 3 is 0.880 bits per heavy atom. The van der Waals surface area contributed by atoms with Crippen molar-refractivity contribution < 1.29 is 76.2 Å². The Morgan fingerprint density at radius 1 is 0.520 bits per heavy atom. The summed E-state index contributed by atoms with van der Waals surface area (Å²) in [6.45, 7) is 13.1. The van der Waals surface area contributed by atoms with Crippen LogP contribution in [0.5, 0.6) is 0 Å². The Morgan fingerprint density at radius 2 is 0.720 bits per heavy atom. The van der Waals surface area contributed by atoms with Crippen LogP contribution in [0.4, 0.5) is 0 Å². The van der Waals surface area contributed by atoms with Gasteiger partial charge in [0.1, 0.15) is 0 Å². The van der Waals surface area contributed by atoms with Gasteiger partial charge in [0.05, 0.1) is 0 Å². The number of halogens is 3. The van der Waals surface area contributed by atoms with Crippen molar-refractivity contribution in [3.8, 4) is 0 Å². The topological polar surface area (TPSA) is 0 Å². The van der Waals surface area contributed by atoms with Gasteiger partial charge in [-0.25, -0.2) is 0 Å². The maximum absolute atomic E-state index is 2.21. The number of hydrogen-bond donors (Lipinski definition) is 0. The second-order valence-corrected chi connectivity index (χ2v) is 6.13. The van der Waals surface area contributed by atoms with Crippen molar-refractivity contribution in [3.05, 3.63) is 70.8 Å². The van der Waals surface area contributed by atoms with E-state index in [9.17, 15) is 0 Å². The SMILES string of the molecule is Cc1ccc(C(C)C)cc1.Cc1ccc(C(C)C)cc1.[Cl-].[Cl-].[Cl-].[Ru+2].[Ru+]. The monoisotopic (exact) mass is 577 g/mol. The summed E-state index contributed by atoms with van der Waals surface area (Å²) >= 11 is 0. The van der Waals surface area contributed by atoms with Gasteiger partial charge in [0.25, 0.3) is 0 Å². The smallest absolute Gasteiger partial charge is 1.00 e. The predicted molar refractivity (Wildman–Crippen MR) is 90.5 cm³/mol. The Balaban J connectivity index is -0.0000000889. The summed E-state index contributed by atoms with van der Waals surface area (Å²) in [6.07, 6.45) is 0. The molecule has 0 nitrogen and oxygen atoms in total. The molecule has 145 valence electrons. The zero-order valence-electron chi connectivity index (χ0n) is 15.6. The second-order valence-electron chi connectivity index (χ2n) is 6.13. The molecule has 1 radical (unpaired) electrons. The molecular formula is C20H28Cl3Ru2. The largest absolute Gasteiger partial charge is 2.00 e. The van der Waals surface area contributed by atoms with E-state index in [1.54, 1.807) is 0 Å². The molecule has 2 rings (SSSR count). The molecule has 0 aromatic heterocycles. The van der Waals surface area contributed by atoms with Crippen molar-refractivity contribution in [2.24, 2.45) is 0 Å². The van der Waals surface area contributed by atoms with Gasteiger partial charge in [-0.1, -0.05) is 87.4 Å².